The fourth-order valence-electron chi connectivity index (χ4n) is 3.84. The highest BCUT2D eigenvalue weighted by Crippen LogP contribution is 2.22. The number of pyridine rings is 1. The number of hydrogen-bond donors (Lipinski definition) is 0. The van der Waals surface area contributed by atoms with Crippen LogP contribution in [0.1, 0.15) is 50.3 Å². The lowest BCUT2D eigenvalue weighted by molar-refractivity contribution is -0.149. The van der Waals surface area contributed by atoms with E-state index in [9.17, 15) is 9.59 Å². The zero-order valence-corrected chi connectivity index (χ0v) is 18.8. The highest BCUT2D eigenvalue weighted by molar-refractivity contribution is 5.97. The number of carbonyl (C=O) groups is 2. The van der Waals surface area contributed by atoms with Crippen molar-refractivity contribution in [3.63, 3.8) is 0 Å². The van der Waals surface area contributed by atoms with E-state index in [1.165, 1.54) is 0 Å². The highest BCUT2D eigenvalue weighted by atomic mass is 16.5. The summed E-state index contributed by atoms with van der Waals surface area (Å²) in [6, 6.07) is 8.72. The van der Waals surface area contributed by atoms with Crippen LogP contribution in [0.15, 0.2) is 42.7 Å². The first-order chi connectivity index (χ1) is 14.9. The molecule has 0 saturated heterocycles. The van der Waals surface area contributed by atoms with Gasteiger partial charge in [-0.2, -0.15) is 0 Å². The van der Waals surface area contributed by atoms with Gasteiger partial charge in [0.15, 0.2) is 0 Å². The van der Waals surface area contributed by atoms with Gasteiger partial charge in [0.25, 0.3) is 5.91 Å². The molecule has 0 spiro atoms. The molecule has 0 radical (unpaired) electrons. The summed E-state index contributed by atoms with van der Waals surface area (Å²) in [5, 5.41) is 0. The summed E-state index contributed by atoms with van der Waals surface area (Å²) >= 11 is 0. The van der Waals surface area contributed by atoms with Gasteiger partial charge < -0.3 is 9.64 Å². The number of imidazole rings is 1. The van der Waals surface area contributed by atoms with Gasteiger partial charge >= 0.3 is 5.97 Å². The number of ether oxygens (including phenoxy) is 1. The minimum atomic E-state index is -0.593. The third-order valence-electron chi connectivity index (χ3n) is 5.23. The van der Waals surface area contributed by atoms with Gasteiger partial charge in [-0.3, -0.25) is 14.3 Å². The number of likely N-dealkylation sites (N-methyl/N-ethyl adjacent to an activating group) is 1. The van der Waals surface area contributed by atoms with E-state index >= 15 is 0 Å². The van der Waals surface area contributed by atoms with Crippen molar-refractivity contribution < 1.29 is 14.3 Å². The monoisotopic (exact) mass is 422 g/mol. The van der Waals surface area contributed by atoms with E-state index in [1.807, 2.05) is 50.5 Å². The SMILES string of the molecule is CCOC(=O)[C@H](CC(C)C)N(CC)C(=O)c1ccc(-n2c(C)nc3cnccc32)cc1. The summed E-state index contributed by atoms with van der Waals surface area (Å²) in [4.78, 5) is 36.1. The number of hydrogen-bond acceptors (Lipinski definition) is 5. The number of aryl methyl sites for hydroxylation is 1. The standard InChI is InChI=1S/C24H30N4O3/c1-6-27(22(14-16(3)4)24(30)31-7-2)23(29)18-8-10-19(11-9-18)28-17(5)26-20-15-25-13-12-21(20)28/h8-13,15-16,22H,6-7,14H2,1-5H3/t22-/m0/s1. The molecule has 31 heavy (non-hydrogen) atoms. The number of nitrogens with zero attached hydrogens (tertiary/aromatic N) is 4. The van der Waals surface area contributed by atoms with Crippen LogP contribution < -0.4 is 0 Å². The van der Waals surface area contributed by atoms with Crippen molar-refractivity contribution in [2.45, 2.75) is 47.1 Å². The Balaban J connectivity index is 1.90. The average molecular weight is 423 g/mol. The molecular weight excluding hydrogens is 392 g/mol. The first-order valence-corrected chi connectivity index (χ1v) is 10.7. The fraction of sp³-hybridized carbons (Fsp3) is 0.417. The number of fused-ring (bicyclic) bond motifs is 1. The highest BCUT2D eigenvalue weighted by Gasteiger charge is 2.31. The topological polar surface area (TPSA) is 77.3 Å². The van der Waals surface area contributed by atoms with Crippen LogP contribution >= 0.6 is 0 Å². The second-order valence-corrected chi connectivity index (χ2v) is 7.89. The van der Waals surface area contributed by atoms with Gasteiger partial charge in [0, 0.05) is 24.0 Å². The van der Waals surface area contributed by atoms with E-state index < -0.39 is 6.04 Å². The molecule has 2 heterocycles. The average Bonchev–Trinajstić information content (AvgIpc) is 3.09. The second-order valence-electron chi connectivity index (χ2n) is 7.89. The van der Waals surface area contributed by atoms with Crippen molar-refractivity contribution in [2.24, 2.45) is 5.92 Å². The molecule has 2 aromatic heterocycles. The lowest BCUT2D eigenvalue weighted by atomic mass is 10.0. The smallest absolute Gasteiger partial charge is 0.328 e. The van der Waals surface area contributed by atoms with Gasteiger partial charge in [0.2, 0.25) is 0 Å². The second kappa shape index (κ2) is 9.73. The Bertz CT molecular complexity index is 1060. The van der Waals surface area contributed by atoms with Gasteiger partial charge in [-0.15, -0.1) is 0 Å². The van der Waals surface area contributed by atoms with Crippen LogP contribution in [0.25, 0.3) is 16.7 Å². The first kappa shape index (κ1) is 22.5. The van der Waals surface area contributed by atoms with Crippen molar-refractivity contribution in [3.05, 3.63) is 54.1 Å². The van der Waals surface area contributed by atoms with E-state index in [0.29, 0.717) is 25.1 Å². The zero-order chi connectivity index (χ0) is 22.5. The molecular formula is C24H30N4O3. The lowest BCUT2D eigenvalue weighted by Crippen LogP contribution is -2.46. The first-order valence-electron chi connectivity index (χ1n) is 10.7. The van der Waals surface area contributed by atoms with Gasteiger partial charge in [0.05, 0.1) is 18.3 Å². The maximum atomic E-state index is 13.3. The number of rotatable bonds is 8. The van der Waals surface area contributed by atoms with Gasteiger partial charge in [-0.25, -0.2) is 9.78 Å². The predicted octanol–water partition coefficient (Wildman–Crippen LogP) is 4.17. The molecule has 0 saturated carbocycles. The molecule has 0 N–H and O–H groups in total. The third kappa shape index (κ3) is 4.76. The molecule has 0 aliphatic heterocycles. The van der Waals surface area contributed by atoms with Gasteiger partial charge in [-0.1, -0.05) is 13.8 Å². The number of amides is 1. The van der Waals surface area contributed by atoms with E-state index in [4.69, 9.17) is 4.74 Å². The maximum absolute atomic E-state index is 13.3. The molecule has 1 aromatic carbocycles. The number of carbonyl (C=O) groups excluding carboxylic acids is 2. The Kier molecular flexibility index (Phi) is 7.05. The van der Waals surface area contributed by atoms with Crippen molar-refractivity contribution >= 4 is 22.9 Å². The number of aromatic nitrogens is 3. The summed E-state index contributed by atoms with van der Waals surface area (Å²) in [6.45, 7) is 10.4. The Morgan fingerprint density at radius 3 is 2.45 bits per heavy atom. The van der Waals surface area contributed by atoms with Crippen LogP contribution in [0.3, 0.4) is 0 Å². The zero-order valence-electron chi connectivity index (χ0n) is 18.8. The van der Waals surface area contributed by atoms with Gasteiger partial charge in [-0.05, 0) is 63.4 Å². The number of benzene rings is 1. The quantitative estimate of drug-likeness (QED) is 0.509. The van der Waals surface area contributed by atoms with E-state index in [-0.39, 0.29) is 17.8 Å². The fourth-order valence-corrected chi connectivity index (χ4v) is 3.84. The van der Waals surface area contributed by atoms with Crippen molar-refractivity contribution in [1.29, 1.82) is 0 Å². The van der Waals surface area contributed by atoms with Crippen molar-refractivity contribution in [2.75, 3.05) is 13.2 Å². The normalized spacial score (nSPS) is 12.2. The molecule has 0 unspecified atom stereocenters. The van der Waals surface area contributed by atoms with Gasteiger partial charge in [0.1, 0.15) is 17.4 Å². The minimum absolute atomic E-state index is 0.177. The molecule has 1 atom stereocenters. The maximum Gasteiger partial charge on any atom is 0.328 e. The Morgan fingerprint density at radius 1 is 1.13 bits per heavy atom. The molecule has 0 aliphatic carbocycles. The Labute approximate surface area is 183 Å². The van der Waals surface area contributed by atoms with Crippen LogP contribution in [0.2, 0.25) is 0 Å². The molecule has 7 nitrogen and oxygen atoms in total. The van der Waals surface area contributed by atoms with Crippen LogP contribution in [0.4, 0.5) is 0 Å². The van der Waals surface area contributed by atoms with E-state index in [1.54, 1.807) is 36.4 Å². The summed E-state index contributed by atoms with van der Waals surface area (Å²) in [5.74, 6) is 0.573. The summed E-state index contributed by atoms with van der Waals surface area (Å²) < 4.78 is 7.28. The lowest BCUT2D eigenvalue weighted by Gasteiger charge is -2.30. The Hall–Kier alpha value is -3.22. The van der Waals surface area contributed by atoms with Crippen molar-refractivity contribution in [1.82, 2.24) is 19.4 Å². The molecule has 3 aromatic rings. The molecule has 0 fully saturated rings. The Morgan fingerprint density at radius 2 is 1.84 bits per heavy atom. The molecule has 7 heteroatoms. The number of esters is 1. The largest absolute Gasteiger partial charge is 0.464 e. The minimum Gasteiger partial charge on any atom is -0.464 e. The van der Waals surface area contributed by atoms with E-state index in [0.717, 1.165) is 22.5 Å². The predicted molar refractivity (Wildman–Crippen MR) is 120 cm³/mol. The third-order valence-corrected chi connectivity index (χ3v) is 5.23. The van der Waals surface area contributed by atoms with Crippen LogP contribution in [0, 0.1) is 12.8 Å². The molecule has 0 aliphatic rings. The van der Waals surface area contributed by atoms with Crippen LogP contribution in [-0.4, -0.2) is 50.5 Å². The van der Waals surface area contributed by atoms with Crippen molar-refractivity contribution in [3.8, 4) is 5.69 Å². The molecule has 1 amide bonds. The summed E-state index contributed by atoms with van der Waals surface area (Å²) in [6.07, 6.45) is 4.03. The summed E-state index contributed by atoms with van der Waals surface area (Å²) in [7, 11) is 0. The van der Waals surface area contributed by atoms with E-state index in [2.05, 4.69) is 9.97 Å². The van der Waals surface area contributed by atoms with Crippen LogP contribution in [-0.2, 0) is 9.53 Å². The van der Waals surface area contributed by atoms with Crippen LogP contribution in [0.5, 0.6) is 0 Å². The molecule has 0 bridgehead atoms. The summed E-state index contributed by atoms with van der Waals surface area (Å²) in [5.41, 5.74) is 3.23. The molecule has 3 rings (SSSR count). The molecule has 164 valence electrons.